The molecule has 0 heterocycles. The van der Waals surface area contributed by atoms with E-state index in [2.05, 4.69) is 6.92 Å². The van der Waals surface area contributed by atoms with Crippen LogP contribution in [0.4, 0.5) is 0 Å². The maximum atomic E-state index is 11.8. The quantitative estimate of drug-likeness (QED) is 0.163. The lowest BCUT2D eigenvalue weighted by atomic mass is 10.1. The van der Waals surface area contributed by atoms with Gasteiger partial charge in [-0.3, -0.25) is 9.59 Å². The SMILES string of the molecule is CCCCCCCCCCCCCOC(=O)[C@@H](N)CSSC[C@H](N)C(=O)O. The third-order valence-corrected chi connectivity index (χ3v) is 6.66. The largest absolute Gasteiger partial charge is 0.480 e. The van der Waals surface area contributed by atoms with Gasteiger partial charge in [0.15, 0.2) is 0 Å². The molecule has 0 aliphatic rings. The van der Waals surface area contributed by atoms with E-state index in [1.54, 1.807) is 0 Å². The molecule has 5 N–H and O–H groups in total. The Kier molecular flexibility index (Phi) is 18.6. The van der Waals surface area contributed by atoms with E-state index in [-0.39, 0.29) is 5.75 Å². The molecule has 0 radical (unpaired) electrons. The highest BCUT2D eigenvalue weighted by Gasteiger charge is 2.16. The Balaban J connectivity index is 3.41. The van der Waals surface area contributed by atoms with E-state index in [4.69, 9.17) is 21.3 Å². The molecule has 0 aromatic carbocycles. The average Bonchev–Trinajstić information content (AvgIpc) is 2.65. The van der Waals surface area contributed by atoms with Gasteiger partial charge in [-0.25, -0.2) is 0 Å². The van der Waals surface area contributed by atoms with Crippen molar-refractivity contribution in [3.05, 3.63) is 0 Å². The van der Waals surface area contributed by atoms with Crippen molar-refractivity contribution in [3.8, 4) is 0 Å². The summed E-state index contributed by atoms with van der Waals surface area (Å²) < 4.78 is 5.20. The number of rotatable bonds is 19. The number of carboxylic acids is 1. The number of carbonyl (C=O) groups excluding carboxylic acids is 1. The van der Waals surface area contributed by atoms with Crippen LogP contribution < -0.4 is 11.5 Å². The lowest BCUT2D eigenvalue weighted by molar-refractivity contribution is -0.144. The molecule has 0 saturated heterocycles. The fourth-order valence-corrected chi connectivity index (χ4v) is 4.65. The minimum absolute atomic E-state index is 0.278. The Morgan fingerprint density at radius 1 is 0.815 bits per heavy atom. The van der Waals surface area contributed by atoms with Gasteiger partial charge in [0.25, 0.3) is 0 Å². The lowest BCUT2D eigenvalue weighted by Gasteiger charge is -2.11. The maximum absolute atomic E-state index is 11.8. The first-order chi connectivity index (χ1) is 13.0. The first-order valence-electron chi connectivity index (χ1n) is 10.1. The molecule has 0 aliphatic carbocycles. The van der Waals surface area contributed by atoms with Crippen LogP contribution in [0.15, 0.2) is 0 Å². The lowest BCUT2D eigenvalue weighted by Crippen LogP contribution is -2.35. The van der Waals surface area contributed by atoms with E-state index >= 15 is 0 Å². The van der Waals surface area contributed by atoms with Gasteiger partial charge in [-0.15, -0.1) is 0 Å². The monoisotopic (exact) mass is 422 g/mol. The summed E-state index contributed by atoms with van der Waals surface area (Å²) in [5, 5.41) is 8.67. The fourth-order valence-electron chi connectivity index (χ4n) is 2.43. The van der Waals surface area contributed by atoms with Crippen LogP contribution >= 0.6 is 21.6 Å². The van der Waals surface area contributed by atoms with Crippen molar-refractivity contribution in [1.29, 1.82) is 0 Å². The minimum Gasteiger partial charge on any atom is -0.480 e. The van der Waals surface area contributed by atoms with Gasteiger partial charge in [-0.2, -0.15) is 0 Å². The fraction of sp³-hybridized carbons (Fsp3) is 0.895. The molecule has 2 atom stereocenters. The molecule has 0 rings (SSSR count). The Hall–Kier alpha value is -0.440. The van der Waals surface area contributed by atoms with E-state index in [1.165, 1.54) is 79.4 Å². The van der Waals surface area contributed by atoms with Gasteiger partial charge >= 0.3 is 11.9 Å². The molecule has 0 aromatic heterocycles. The highest BCUT2D eigenvalue weighted by molar-refractivity contribution is 8.76. The summed E-state index contributed by atoms with van der Waals surface area (Å²) >= 11 is 0. The molecule has 0 fully saturated rings. The van der Waals surface area contributed by atoms with Gasteiger partial charge in [0.2, 0.25) is 0 Å². The molecule has 0 amide bonds. The van der Waals surface area contributed by atoms with Gasteiger partial charge in [0, 0.05) is 11.5 Å². The number of hydrogen-bond acceptors (Lipinski definition) is 7. The van der Waals surface area contributed by atoms with Gasteiger partial charge in [-0.05, 0) is 6.42 Å². The number of hydrogen-bond donors (Lipinski definition) is 3. The highest BCUT2D eigenvalue weighted by Crippen LogP contribution is 2.22. The third kappa shape index (κ3) is 17.4. The molecule has 27 heavy (non-hydrogen) atoms. The van der Waals surface area contributed by atoms with Crippen LogP contribution in [0.2, 0.25) is 0 Å². The molecule has 0 aromatic rings. The van der Waals surface area contributed by atoms with Gasteiger partial charge in [0.05, 0.1) is 6.61 Å². The standard InChI is InChI=1S/C19H38N2O4S2/c1-2-3-4-5-6-7-8-9-10-11-12-13-25-19(24)17(21)15-27-26-14-16(20)18(22)23/h16-17H,2-15,20-21H2,1H3,(H,22,23)/t16-,17-/m0/s1. The summed E-state index contributed by atoms with van der Waals surface area (Å²) in [6.45, 7) is 2.66. The van der Waals surface area contributed by atoms with E-state index in [0.717, 1.165) is 12.8 Å². The van der Waals surface area contributed by atoms with E-state index in [1.807, 2.05) is 0 Å². The summed E-state index contributed by atoms with van der Waals surface area (Å²) in [4.78, 5) is 22.4. The van der Waals surface area contributed by atoms with E-state index in [0.29, 0.717) is 12.4 Å². The van der Waals surface area contributed by atoms with Crippen LogP contribution in [0.25, 0.3) is 0 Å². The summed E-state index contributed by atoms with van der Waals surface area (Å²) in [7, 11) is 2.65. The van der Waals surface area contributed by atoms with Crippen LogP contribution in [0, 0.1) is 0 Å². The summed E-state index contributed by atoms with van der Waals surface area (Å²) in [5.41, 5.74) is 11.2. The molecule has 160 valence electrons. The molecule has 0 unspecified atom stereocenters. The number of carboxylic acid groups (broad SMARTS) is 1. The molecule has 0 bridgehead atoms. The van der Waals surface area contributed by atoms with Crippen LogP contribution in [0.3, 0.4) is 0 Å². The second-order valence-electron chi connectivity index (χ2n) is 6.82. The first kappa shape index (κ1) is 26.6. The molecule has 0 aliphatic heterocycles. The van der Waals surface area contributed by atoms with Crippen LogP contribution in [0.5, 0.6) is 0 Å². The van der Waals surface area contributed by atoms with Gasteiger partial charge in [-0.1, -0.05) is 92.7 Å². The van der Waals surface area contributed by atoms with E-state index in [9.17, 15) is 9.59 Å². The number of carbonyl (C=O) groups is 2. The second kappa shape index (κ2) is 18.9. The van der Waals surface area contributed by atoms with Crippen molar-refractivity contribution in [1.82, 2.24) is 0 Å². The van der Waals surface area contributed by atoms with Gasteiger partial charge < -0.3 is 21.3 Å². The van der Waals surface area contributed by atoms with Crippen molar-refractivity contribution in [3.63, 3.8) is 0 Å². The number of unbranched alkanes of at least 4 members (excludes halogenated alkanes) is 10. The smallest absolute Gasteiger partial charge is 0.323 e. The van der Waals surface area contributed by atoms with Crippen molar-refractivity contribution in [2.75, 3.05) is 18.1 Å². The molecule has 8 heteroatoms. The molecular weight excluding hydrogens is 384 g/mol. The number of aliphatic carboxylic acids is 1. The van der Waals surface area contributed by atoms with Crippen LogP contribution in [0.1, 0.15) is 77.6 Å². The van der Waals surface area contributed by atoms with Crippen molar-refractivity contribution >= 4 is 33.5 Å². The Morgan fingerprint density at radius 2 is 1.26 bits per heavy atom. The Labute approximate surface area is 172 Å². The van der Waals surface area contributed by atoms with E-state index < -0.39 is 24.0 Å². The topological polar surface area (TPSA) is 116 Å². The summed E-state index contributed by atoms with van der Waals surface area (Å²) in [6, 6.07) is -1.58. The van der Waals surface area contributed by atoms with Crippen molar-refractivity contribution in [2.45, 2.75) is 89.6 Å². The van der Waals surface area contributed by atoms with Crippen molar-refractivity contribution < 1.29 is 19.4 Å². The minimum atomic E-state index is -1.03. The van der Waals surface area contributed by atoms with Crippen LogP contribution in [-0.2, 0) is 14.3 Å². The van der Waals surface area contributed by atoms with Crippen molar-refractivity contribution in [2.24, 2.45) is 11.5 Å². The molecule has 6 nitrogen and oxygen atoms in total. The predicted molar refractivity (Wildman–Crippen MR) is 116 cm³/mol. The molecule has 0 spiro atoms. The normalized spacial score (nSPS) is 13.3. The zero-order valence-corrected chi connectivity index (χ0v) is 18.3. The van der Waals surface area contributed by atoms with Gasteiger partial charge in [0.1, 0.15) is 12.1 Å². The Bertz CT molecular complexity index is 387. The zero-order chi connectivity index (χ0) is 20.3. The second-order valence-corrected chi connectivity index (χ2v) is 9.38. The molecule has 0 saturated carbocycles. The summed E-state index contributed by atoms with van der Waals surface area (Å²) in [5.74, 6) is -0.759. The average molecular weight is 423 g/mol. The Morgan fingerprint density at radius 3 is 1.74 bits per heavy atom. The number of nitrogens with two attached hydrogens (primary N) is 2. The predicted octanol–water partition coefficient (Wildman–Crippen LogP) is 3.96. The number of esters is 1. The highest BCUT2D eigenvalue weighted by atomic mass is 33.1. The maximum Gasteiger partial charge on any atom is 0.323 e. The first-order valence-corrected chi connectivity index (χ1v) is 12.6. The summed E-state index contributed by atoms with van der Waals surface area (Å²) in [6.07, 6.45) is 13.8. The zero-order valence-electron chi connectivity index (χ0n) is 16.7. The van der Waals surface area contributed by atoms with Crippen LogP contribution in [-0.4, -0.2) is 47.2 Å². The molecular formula is C19H38N2O4S2. The number of ether oxygens (including phenoxy) is 1. The third-order valence-electron chi connectivity index (χ3n) is 4.19.